The number of hydrogen-bond acceptors (Lipinski definition) is 3. The number of aryl methyl sites for hydroxylation is 1. The van der Waals surface area contributed by atoms with Crippen LogP contribution >= 0.6 is 39.1 Å². The monoisotopic (exact) mass is 521 g/mol. The quantitative estimate of drug-likeness (QED) is 0.300. The number of nitrogens with one attached hydrogen (secondary N) is 1. The molecule has 3 nitrogen and oxygen atoms in total. The first-order valence-corrected chi connectivity index (χ1v) is 11.7. The van der Waals surface area contributed by atoms with Crippen LogP contribution in [0.15, 0.2) is 65.1 Å². The number of rotatable bonds is 10. The van der Waals surface area contributed by atoms with Crippen LogP contribution in [-0.4, -0.2) is 13.2 Å². The zero-order valence-corrected chi connectivity index (χ0v) is 20.7. The molecule has 1 unspecified atom stereocenters. The molecule has 6 heteroatoms. The van der Waals surface area contributed by atoms with Gasteiger partial charge in [-0.1, -0.05) is 75.5 Å². The molecule has 0 radical (unpaired) electrons. The molecule has 0 fully saturated rings. The summed E-state index contributed by atoms with van der Waals surface area (Å²) >= 11 is 16.3. The van der Waals surface area contributed by atoms with E-state index in [0.717, 1.165) is 28.4 Å². The minimum Gasteiger partial charge on any atom is -0.493 e. The fourth-order valence-corrected chi connectivity index (χ4v) is 4.25. The molecule has 0 aliphatic carbocycles. The second-order valence-electron chi connectivity index (χ2n) is 7.35. The SMILES string of the molecule is COc1ccc(Br)c(CNC(C)CCc2ccccc2)c1OCc1c(Cl)cccc1Cl. The minimum atomic E-state index is 0.252. The lowest BCUT2D eigenvalue weighted by Crippen LogP contribution is -2.26. The summed E-state index contributed by atoms with van der Waals surface area (Å²) in [6.07, 6.45) is 2.07. The summed E-state index contributed by atoms with van der Waals surface area (Å²) < 4.78 is 12.7. The lowest BCUT2D eigenvalue weighted by molar-refractivity contribution is 0.280. The zero-order valence-electron chi connectivity index (χ0n) is 17.6. The average molecular weight is 523 g/mol. The Morgan fingerprint density at radius 1 is 0.935 bits per heavy atom. The summed E-state index contributed by atoms with van der Waals surface area (Å²) in [5.41, 5.74) is 3.09. The first kappa shape index (κ1) is 23.9. The Hall–Kier alpha value is -1.72. The summed E-state index contributed by atoms with van der Waals surface area (Å²) in [5, 5.41) is 4.76. The van der Waals surface area contributed by atoms with Gasteiger partial charge in [0.05, 0.1) is 7.11 Å². The van der Waals surface area contributed by atoms with Gasteiger partial charge >= 0.3 is 0 Å². The van der Waals surface area contributed by atoms with E-state index in [1.165, 1.54) is 5.56 Å². The van der Waals surface area contributed by atoms with Crippen molar-refractivity contribution in [2.45, 2.75) is 39.0 Å². The van der Waals surface area contributed by atoms with Crippen LogP contribution in [0.4, 0.5) is 0 Å². The van der Waals surface area contributed by atoms with Gasteiger partial charge in [0.25, 0.3) is 0 Å². The topological polar surface area (TPSA) is 30.5 Å². The Morgan fingerprint density at radius 3 is 2.32 bits per heavy atom. The third kappa shape index (κ3) is 6.63. The van der Waals surface area contributed by atoms with E-state index < -0.39 is 0 Å². The van der Waals surface area contributed by atoms with Crippen molar-refractivity contribution >= 4 is 39.1 Å². The Labute approximate surface area is 202 Å². The van der Waals surface area contributed by atoms with Crippen molar-refractivity contribution in [1.82, 2.24) is 5.32 Å². The fourth-order valence-electron chi connectivity index (χ4n) is 3.29. The van der Waals surface area contributed by atoms with Crippen molar-refractivity contribution in [1.29, 1.82) is 0 Å². The van der Waals surface area contributed by atoms with Gasteiger partial charge in [0.15, 0.2) is 11.5 Å². The van der Waals surface area contributed by atoms with Gasteiger partial charge in [-0.05, 0) is 49.6 Å². The zero-order chi connectivity index (χ0) is 22.2. The highest BCUT2D eigenvalue weighted by Crippen LogP contribution is 2.37. The number of ether oxygens (including phenoxy) is 2. The van der Waals surface area contributed by atoms with E-state index in [1.807, 2.05) is 24.3 Å². The Bertz CT molecular complexity index is 978. The Morgan fingerprint density at radius 2 is 1.65 bits per heavy atom. The molecule has 164 valence electrons. The van der Waals surface area contributed by atoms with Crippen LogP contribution in [0.5, 0.6) is 11.5 Å². The standard InChI is InChI=1S/C25H26BrCl2NO2/c1-17(11-12-18-7-4-3-5-8-18)29-15-19-21(26)13-14-24(30-2)25(19)31-16-20-22(27)9-6-10-23(20)28/h3-10,13-14,17,29H,11-12,15-16H2,1-2H3. The van der Waals surface area contributed by atoms with Crippen LogP contribution in [0.1, 0.15) is 30.0 Å². The molecule has 0 aliphatic rings. The van der Waals surface area contributed by atoms with Crippen molar-refractivity contribution in [2.75, 3.05) is 7.11 Å². The predicted octanol–water partition coefficient (Wildman–Crippen LogP) is 7.45. The van der Waals surface area contributed by atoms with Gasteiger partial charge in [0.1, 0.15) is 6.61 Å². The number of halogens is 3. The molecule has 1 atom stereocenters. The van der Waals surface area contributed by atoms with Gasteiger partial charge in [-0.3, -0.25) is 0 Å². The smallest absolute Gasteiger partial charge is 0.167 e. The van der Waals surface area contributed by atoms with Crippen LogP contribution in [-0.2, 0) is 19.6 Å². The highest BCUT2D eigenvalue weighted by molar-refractivity contribution is 9.10. The van der Waals surface area contributed by atoms with Crippen LogP contribution in [0.25, 0.3) is 0 Å². The molecule has 0 saturated heterocycles. The van der Waals surface area contributed by atoms with Crippen LogP contribution in [0.2, 0.25) is 10.0 Å². The maximum Gasteiger partial charge on any atom is 0.167 e. The van der Waals surface area contributed by atoms with Gasteiger partial charge in [0, 0.05) is 38.2 Å². The maximum absolute atomic E-state index is 6.31. The molecule has 31 heavy (non-hydrogen) atoms. The highest BCUT2D eigenvalue weighted by atomic mass is 79.9. The third-order valence-electron chi connectivity index (χ3n) is 5.15. The molecule has 0 saturated carbocycles. The van der Waals surface area contributed by atoms with E-state index in [1.54, 1.807) is 19.2 Å². The summed E-state index contributed by atoms with van der Waals surface area (Å²) in [6.45, 7) is 3.09. The van der Waals surface area contributed by atoms with Gasteiger partial charge < -0.3 is 14.8 Å². The van der Waals surface area contributed by atoms with Crippen LogP contribution in [0.3, 0.4) is 0 Å². The molecule has 3 aromatic rings. The molecule has 1 N–H and O–H groups in total. The van der Waals surface area contributed by atoms with E-state index >= 15 is 0 Å². The molecule has 3 aromatic carbocycles. The van der Waals surface area contributed by atoms with Gasteiger partial charge in [-0.15, -0.1) is 0 Å². The summed E-state index contributed by atoms with van der Waals surface area (Å²) in [7, 11) is 1.64. The number of benzene rings is 3. The van der Waals surface area contributed by atoms with E-state index in [2.05, 4.69) is 52.4 Å². The average Bonchev–Trinajstić information content (AvgIpc) is 2.77. The predicted molar refractivity (Wildman–Crippen MR) is 133 cm³/mol. The maximum atomic E-state index is 6.31. The number of hydrogen-bond donors (Lipinski definition) is 1. The normalized spacial score (nSPS) is 11.9. The summed E-state index contributed by atoms with van der Waals surface area (Å²) in [6, 6.07) is 20.2. The largest absolute Gasteiger partial charge is 0.493 e. The van der Waals surface area contributed by atoms with Crippen LogP contribution in [0, 0.1) is 0 Å². The van der Waals surface area contributed by atoms with Crippen molar-refractivity contribution in [3.05, 3.63) is 91.9 Å². The molecule has 0 aromatic heterocycles. The van der Waals surface area contributed by atoms with Crippen molar-refractivity contribution < 1.29 is 9.47 Å². The van der Waals surface area contributed by atoms with E-state index in [4.69, 9.17) is 32.7 Å². The first-order valence-electron chi connectivity index (χ1n) is 10.2. The van der Waals surface area contributed by atoms with Gasteiger partial charge in [-0.25, -0.2) is 0 Å². The lowest BCUT2D eigenvalue weighted by atomic mass is 10.1. The second-order valence-corrected chi connectivity index (χ2v) is 9.02. The Balaban J connectivity index is 1.70. The minimum absolute atomic E-state index is 0.252. The lowest BCUT2D eigenvalue weighted by Gasteiger charge is -2.20. The fraction of sp³-hybridized carbons (Fsp3) is 0.280. The molecular weight excluding hydrogens is 497 g/mol. The molecule has 0 aliphatic heterocycles. The summed E-state index contributed by atoms with van der Waals surface area (Å²) in [4.78, 5) is 0. The molecule has 0 heterocycles. The van der Waals surface area contributed by atoms with Gasteiger partial charge in [-0.2, -0.15) is 0 Å². The molecule has 0 spiro atoms. The van der Waals surface area contributed by atoms with Crippen LogP contribution < -0.4 is 14.8 Å². The molecule has 3 rings (SSSR count). The summed E-state index contributed by atoms with van der Waals surface area (Å²) in [5.74, 6) is 1.34. The third-order valence-corrected chi connectivity index (χ3v) is 6.60. The molecule has 0 amide bonds. The highest BCUT2D eigenvalue weighted by Gasteiger charge is 2.17. The second kappa shape index (κ2) is 11.8. The molecule has 0 bridgehead atoms. The van der Waals surface area contributed by atoms with E-state index in [-0.39, 0.29) is 6.61 Å². The Kier molecular flexibility index (Phi) is 9.09. The molecular formula is C25H26BrCl2NO2. The van der Waals surface area contributed by atoms with Gasteiger partial charge in [0.2, 0.25) is 0 Å². The number of methoxy groups -OCH3 is 1. The van der Waals surface area contributed by atoms with Crippen molar-refractivity contribution in [3.8, 4) is 11.5 Å². The van der Waals surface area contributed by atoms with Crippen molar-refractivity contribution in [3.63, 3.8) is 0 Å². The van der Waals surface area contributed by atoms with Crippen molar-refractivity contribution in [2.24, 2.45) is 0 Å². The van der Waals surface area contributed by atoms with E-state index in [0.29, 0.717) is 34.1 Å². The first-order chi connectivity index (χ1) is 15.0. The van der Waals surface area contributed by atoms with E-state index in [9.17, 15) is 0 Å².